The molecule has 0 aliphatic heterocycles. The van der Waals surface area contributed by atoms with Gasteiger partial charge in [-0.05, 0) is 30.2 Å². The summed E-state index contributed by atoms with van der Waals surface area (Å²) in [5.74, 6) is 0. The molecule has 0 fully saturated rings. The van der Waals surface area contributed by atoms with Gasteiger partial charge in [0, 0.05) is 12.2 Å². The zero-order valence-corrected chi connectivity index (χ0v) is 10.8. The van der Waals surface area contributed by atoms with Crippen molar-refractivity contribution in [3.63, 3.8) is 0 Å². The smallest absolute Gasteiger partial charge is 0.0612 e. The third-order valence-corrected chi connectivity index (χ3v) is 3.24. The van der Waals surface area contributed by atoms with Crippen LogP contribution in [0.4, 0.5) is 5.69 Å². The molecule has 2 rings (SSSR count). The van der Waals surface area contributed by atoms with Crippen LogP contribution in [0.5, 0.6) is 0 Å². The van der Waals surface area contributed by atoms with Gasteiger partial charge in [0.05, 0.1) is 10.0 Å². The zero-order valence-electron chi connectivity index (χ0n) is 9.29. The molecule has 0 radical (unpaired) electrons. The second kappa shape index (κ2) is 5.95. The molecule has 1 N–H and O–H groups in total. The number of hydrogen-bond acceptors (Lipinski definition) is 1. The predicted molar refractivity (Wildman–Crippen MR) is 75.1 cm³/mol. The minimum Gasteiger partial charge on any atom is -0.385 e. The van der Waals surface area contributed by atoms with Gasteiger partial charge in [-0.3, -0.25) is 0 Å². The summed E-state index contributed by atoms with van der Waals surface area (Å²) in [6, 6.07) is 15.9. The fraction of sp³-hybridized carbons (Fsp3) is 0.143. The molecule has 0 amide bonds. The summed E-state index contributed by atoms with van der Waals surface area (Å²) >= 11 is 11.8. The number of rotatable bonds is 4. The molecule has 0 unspecified atom stereocenters. The molecule has 0 saturated heterocycles. The molecule has 2 aromatic rings. The summed E-state index contributed by atoms with van der Waals surface area (Å²) in [5, 5.41) is 4.48. The molecular formula is C14H13Cl2N. The van der Waals surface area contributed by atoms with E-state index in [9.17, 15) is 0 Å². The van der Waals surface area contributed by atoms with Crippen LogP contribution < -0.4 is 5.32 Å². The Morgan fingerprint density at radius 1 is 0.882 bits per heavy atom. The highest BCUT2D eigenvalue weighted by atomic mass is 35.5. The van der Waals surface area contributed by atoms with E-state index in [1.165, 1.54) is 5.56 Å². The lowest BCUT2D eigenvalue weighted by Crippen LogP contribution is -2.04. The van der Waals surface area contributed by atoms with Gasteiger partial charge in [-0.2, -0.15) is 0 Å². The molecule has 0 spiro atoms. The van der Waals surface area contributed by atoms with E-state index in [0.29, 0.717) is 10.0 Å². The molecule has 17 heavy (non-hydrogen) atoms. The Morgan fingerprint density at radius 2 is 1.65 bits per heavy atom. The minimum atomic E-state index is 0.580. The summed E-state index contributed by atoms with van der Waals surface area (Å²) in [7, 11) is 0. The maximum atomic E-state index is 5.94. The van der Waals surface area contributed by atoms with Crippen LogP contribution in [-0.2, 0) is 6.42 Å². The Kier molecular flexibility index (Phi) is 4.29. The van der Waals surface area contributed by atoms with Crippen LogP contribution in [-0.4, -0.2) is 6.54 Å². The molecule has 0 heterocycles. The lowest BCUT2D eigenvalue weighted by Gasteiger charge is -2.07. The van der Waals surface area contributed by atoms with Crippen molar-refractivity contribution < 1.29 is 0 Å². The first kappa shape index (κ1) is 12.3. The van der Waals surface area contributed by atoms with Crippen molar-refractivity contribution >= 4 is 28.9 Å². The quantitative estimate of drug-likeness (QED) is 0.849. The first-order valence-electron chi connectivity index (χ1n) is 5.48. The van der Waals surface area contributed by atoms with Gasteiger partial charge in [-0.1, -0.05) is 53.5 Å². The van der Waals surface area contributed by atoms with Crippen molar-refractivity contribution in [2.45, 2.75) is 6.42 Å². The Balaban J connectivity index is 1.88. The van der Waals surface area contributed by atoms with Gasteiger partial charge >= 0.3 is 0 Å². The van der Waals surface area contributed by atoms with Gasteiger partial charge in [0.1, 0.15) is 0 Å². The van der Waals surface area contributed by atoms with Crippen LogP contribution in [0.2, 0.25) is 10.0 Å². The van der Waals surface area contributed by atoms with Gasteiger partial charge in [0.25, 0.3) is 0 Å². The SMILES string of the molecule is Clc1ccc(NCCc2ccccc2)cc1Cl. The standard InChI is InChI=1S/C14H13Cl2N/c15-13-7-6-12(10-14(13)16)17-9-8-11-4-2-1-3-5-11/h1-7,10,17H,8-9H2. The van der Waals surface area contributed by atoms with E-state index in [1.807, 2.05) is 18.2 Å². The molecule has 0 saturated carbocycles. The third kappa shape index (κ3) is 3.65. The molecule has 1 nitrogen and oxygen atoms in total. The van der Waals surface area contributed by atoms with Gasteiger partial charge in [0.2, 0.25) is 0 Å². The molecule has 0 aliphatic rings. The lowest BCUT2D eigenvalue weighted by molar-refractivity contribution is 1.02. The molecular weight excluding hydrogens is 253 g/mol. The van der Waals surface area contributed by atoms with Gasteiger partial charge in [-0.15, -0.1) is 0 Å². The summed E-state index contributed by atoms with van der Waals surface area (Å²) in [5.41, 5.74) is 2.32. The van der Waals surface area contributed by atoms with Crippen LogP contribution >= 0.6 is 23.2 Å². The Morgan fingerprint density at radius 3 is 2.35 bits per heavy atom. The van der Waals surface area contributed by atoms with Gasteiger partial charge < -0.3 is 5.32 Å². The summed E-state index contributed by atoms with van der Waals surface area (Å²) in [4.78, 5) is 0. The topological polar surface area (TPSA) is 12.0 Å². The monoisotopic (exact) mass is 265 g/mol. The zero-order chi connectivity index (χ0) is 12.1. The summed E-state index contributed by atoms with van der Waals surface area (Å²) in [6.45, 7) is 0.877. The van der Waals surface area contributed by atoms with Crippen molar-refractivity contribution in [3.8, 4) is 0 Å². The number of anilines is 1. The highest BCUT2D eigenvalue weighted by Crippen LogP contribution is 2.24. The van der Waals surface area contributed by atoms with E-state index in [-0.39, 0.29) is 0 Å². The first-order chi connectivity index (χ1) is 8.25. The molecule has 2 aromatic carbocycles. The second-order valence-corrected chi connectivity index (χ2v) is 4.61. The average Bonchev–Trinajstić information content (AvgIpc) is 2.35. The minimum absolute atomic E-state index is 0.580. The van der Waals surface area contributed by atoms with Crippen molar-refractivity contribution in [3.05, 3.63) is 64.1 Å². The fourth-order valence-corrected chi connectivity index (χ4v) is 1.90. The van der Waals surface area contributed by atoms with Gasteiger partial charge in [-0.25, -0.2) is 0 Å². The second-order valence-electron chi connectivity index (χ2n) is 3.79. The molecule has 0 aromatic heterocycles. The maximum absolute atomic E-state index is 5.94. The third-order valence-electron chi connectivity index (χ3n) is 2.51. The van der Waals surface area contributed by atoms with Crippen LogP contribution in [0.3, 0.4) is 0 Å². The predicted octanol–water partition coefficient (Wildman–Crippen LogP) is 4.65. The largest absolute Gasteiger partial charge is 0.385 e. The Labute approximate surface area is 111 Å². The highest BCUT2D eigenvalue weighted by molar-refractivity contribution is 6.42. The average molecular weight is 266 g/mol. The van der Waals surface area contributed by atoms with Crippen LogP contribution in [0, 0.1) is 0 Å². The van der Waals surface area contributed by atoms with E-state index in [0.717, 1.165) is 18.7 Å². The van der Waals surface area contributed by atoms with Crippen molar-refractivity contribution in [1.82, 2.24) is 0 Å². The van der Waals surface area contributed by atoms with E-state index < -0.39 is 0 Å². The van der Waals surface area contributed by atoms with Crippen molar-refractivity contribution in [2.75, 3.05) is 11.9 Å². The molecule has 0 aliphatic carbocycles. The highest BCUT2D eigenvalue weighted by Gasteiger charge is 1.98. The molecule has 88 valence electrons. The van der Waals surface area contributed by atoms with Crippen LogP contribution in [0.15, 0.2) is 48.5 Å². The van der Waals surface area contributed by atoms with E-state index in [2.05, 4.69) is 29.6 Å². The summed E-state index contributed by atoms with van der Waals surface area (Å²) < 4.78 is 0. The fourth-order valence-electron chi connectivity index (χ4n) is 1.60. The van der Waals surface area contributed by atoms with Crippen molar-refractivity contribution in [1.29, 1.82) is 0 Å². The number of halogens is 2. The summed E-state index contributed by atoms with van der Waals surface area (Å²) in [6.07, 6.45) is 0.987. The van der Waals surface area contributed by atoms with Gasteiger partial charge in [0.15, 0.2) is 0 Å². The molecule has 3 heteroatoms. The Hall–Kier alpha value is -1.18. The number of hydrogen-bond donors (Lipinski definition) is 1. The maximum Gasteiger partial charge on any atom is 0.0612 e. The van der Waals surface area contributed by atoms with Crippen LogP contribution in [0.1, 0.15) is 5.56 Å². The van der Waals surface area contributed by atoms with E-state index in [1.54, 1.807) is 6.07 Å². The lowest BCUT2D eigenvalue weighted by atomic mass is 10.1. The molecule has 0 atom stereocenters. The van der Waals surface area contributed by atoms with E-state index >= 15 is 0 Å². The molecule has 0 bridgehead atoms. The van der Waals surface area contributed by atoms with Crippen LogP contribution in [0.25, 0.3) is 0 Å². The number of benzene rings is 2. The normalized spacial score (nSPS) is 10.2. The van der Waals surface area contributed by atoms with Crippen molar-refractivity contribution in [2.24, 2.45) is 0 Å². The first-order valence-corrected chi connectivity index (χ1v) is 6.24. The number of nitrogens with one attached hydrogen (secondary N) is 1. The van der Waals surface area contributed by atoms with E-state index in [4.69, 9.17) is 23.2 Å². The Bertz CT molecular complexity index is 483.